The van der Waals surface area contributed by atoms with E-state index in [4.69, 9.17) is 0 Å². The van der Waals surface area contributed by atoms with Gasteiger partial charge in [-0.3, -0.25) is 4.79 Å². The van der Waals surface area contributed by atoms with Gasteiger partial charge in [0.1, 0.15) is 0 Å². The van der Waals surface area contributed by atoms with Crippen LogP contribution in [0.1, 0.15) is 26.7 Å². The fourth-order valence-electron chi connectivity index (χ4n) is 0.441. The minimum atomic E-state index is 0.0680. The number of rotatable bonds is 3. The van der Waals surface area contributed by atoms with Crippen molar-refractivity contribution in [1.82, 2.24) is 5.32 Å². The highest BCUT2D eigenvalue weighted by Gasteiger charge is 1.85. The van der Waals surface area contributed by atoms with Crippen LogP contribution in [0.15, 0.2) is 0 Å². The molecular weight excluding hydrogens is 102 g/mol. The SMILES string of the molecule is CCCCNC(C)=O. The zero-order valence-corrected chi connectivity index (χ0v) is 5.53. The van der Waals surface area contributed by atoms with Crippen molar-refractivity contribution in [3.05, 3.63) is 0 Å². The van der Waals surface area contributed by atoms with Crippen molar-refractivity contribution in [1.29, 1.82) is 0 Å². The van der Waals surface area contributed by atoms with Crippen LogP contribution < -0.4 is 5.32 Å². The lowest BCUT2D eigenvalue weighted by atomic mass is 10.3. The predicted molar refractivity (Wildman–Crippen MR) is 33.6 cm³/mol. The standard InChI is InChI=1S/C6H13NO/c1-3-4-5-7-6(2)8/h3-5H2,1-2H3,(H,7,8). The van der Waals surface area contributed by atoms with Crippen LogP contribution in [-0.4, -0.2) is 12.5 Å². The highest BCUT2D eigenvalue weighted by Crippen LogP contribution is 1.80. The van der Waals surface area contributed by atoms with E-state index in [0.29, 0.717) is 0 Å². The van der Waals surface area contributed by atoms with E-state index in [9.17, 15) is 4.79 Å². The summed E-state index contributed by atoms with van der Waals surface area (Å²) in [7, 11) is 0. The first-order chi connectivity index (χ1) is 3.77. The van der Waals surface area contributed by atoms with E-state index < -0.39 is 0 Å². The average Bonchev–Trinajstić information content (AvgIpc) is 1.66. The molecule has 0 heterocycles. The van der Waals surface area contributed by atoms with Gasteiger partial charge in [0.05, 0.1) is 0 Å². The zero-order valence-electron chi connectivity index (χ0n) is 5.53. The Balaban J connectivity index is 2.82. The molecule has 0 aromatic heterocycles. The molecule has 0 radical (unpaired) electrons. The third-order valence-electron chi connectivity index (χ3n) is 0.904. The third kappa shape index (κ3) is 5.47. The van der Waals surface area contributed by atoms with Gasteiger partial charge in [0, 0.05) is 13.5 Å². The van der Waals surface area contributed by atoms with Crippen molar-refractivity contribution in [3.8, 4) is 0 Å². The van der Waals surface area contributed by atoms with Crippen LogP contribution in [-0.2, 0) is 4.79 Å². The Bertz CT molecular complexity index is 70.9. The molecule has 0 fully saturated rings. The van der Waals surface area contributed by atoms with Gasteiger partial charge in [-0.05, 0) is 6.42 Å². The van der Waals surface area contributed by atoms with Gasteiger partial charge in [-0.15, -0.1) is 0 Å². The second kappa shape index (κ2) is 4.62. The molecule has 0 saturated carbocycles. The maximum Gasteiger partial charge on any atom is 0.216 e. The summed E-state index contributed by atoms with van der Waals surface area (Å²) in [4.78, 5) is 10.2. The van der Waals surface area contributed by atoms with Gasteiger partial charge in [0.2, 0.25) is 5.91 Å². The Morgan fingerprint density at radius 1 is 1.62 bits per heavy atom. The smallest absolute Gasteiger partial charge is 0.216 e. The Hall–Kier alpha value is -0.530. The third-order valence-corrected chi connectivity index (χ3v) is 0.904. The number of unbranched alkanes of at least 4 members (excludes halogenated alkanes) is 1. The molecule has 0 aliphatic heterocycles. The van der Waals surface area contributed by atoms with Gasteiger partial charge in [-0.1, -0.05) is 13.3 Å². The lowest BCUT2D eigenvalue weighted by Crippen LogP contribution is -2.20. The van der Waals surface area contributed by atoms with Crippen LogP contribution in [0.3, 0.4) is 0 Å². The van der Waals surface area contributed by atoms with Crippen LogP contribution in [0.25, 0.3) is 0 Å². The van der Waals surface area contributed by atoms with E-state index in [1.807, 2.05) is 0 Å². The molecular formula is C6H13NO. The summed E-state index contributed by atoms with van der Waals surface area (Å²) in [6.45, 7) is 4.46. The Labute approximate surface area is 50.3 Å². The minimum Gasteiger partial charge on any atom is -0.356 e. The maximum absolute atomic E-state index is 10.2. The molecule has 0 aromatic rings. The summed E-state index contributed by atoms with van der Waals surface area (Å²) in [6.07, 6.45) is 2.22. The van der Waals surface area contributed by atoms with Gasteiger partial charge in [-0.2, -0.15) is 0 Å². The molecule has 0 aliphatic carbocycles. The first-order valence-electron chi connectivity index (χ1n) is 3.01. The Morgan fingerprint density at radius 2 is 2.25 bits per heavy atom. The molecule has 0 aromatic carbocycles. The van der Waals surface area contributed by atoms with Crippen molar-refractivity contribution in [3.63, 3.8) is 0 Å². The quantitative estimate of drug-likeness (QED) is 0.544. The van der Waals surface area contributed by atoms with Crippen LogP contribution in [0, 0.1) is 0 Å². The first-order valence-corrected chi connectivity index (χ1v) is 3.01. The van der Waals surface area contributed by atoms with Gasteiger partial charge in [0.25, 0.3) is 0 Å². The summed E-state index contributed by atoms with van der Waals surface area (Å²) in [6, 6.07) is 0. The summed E-state index contributed by atoms with van der Waals surface area (Å²) in [5.74, 6) is 0.0680. The van der Waals surface area contributed by atoms with Crippen molar-refractivity contribution < 1.29 is 4.79 Å². The molecule has 0 aliphatic rings. The van der Waals surface area contributed by atoms with E-state index in [1.54, 1.807) is 0 Å². The topological polar surface area (TPSA) is 29.1 Å². The van der Waals surface area contributed by atoms with Crippen molar-refractivity contribution in [2.75, 3.05) is 6.54 Å². The minimum absolute atomic E-state index is 0.0680. The highest BCUT2D eigenvalue weighted by molar-refractivity contribution is 5.72. The summed E-state index contributed by atoms with van der Waals surface area (Å²) in [5, 5.41) is 2.71. The van der Waals surface area contributed by atoms with Crippen molar-refractivity contribution in [2.24, 2.45) is 0 Å². The molecule has 8 heavy (non-hydrogen) atoms. The Kier molecular flexibility index (Phi) is 4.32. The average molecular weight is 115 g/mol. The van der Waals surface area contributed by atoms with Crippen LogP contribution in [0.2, 0.25) is 0 Å². The van der Waals surface area contributed by atoms with E-state index in [0.717, 1.165) is 19.4 Å². The first kappa shape index (κ1) is 7.47. The number of nitrogens with one attached hydrogen (secondary N) is 1. The van der Waals surface area contributed by atoms with Crippen LogP contribution >= 0.6 is 0 Å². The Morgan fingerprint density at radius 3 is 2.62 bits per heavy atom. The van der Waals surface area contributed by atoms with Crippen molar-refractivity contribution in [2.45, 2.75) is 26.7 Å². The molecule has 2 nitrogen and oxygen atoms in total. The molecule has 0 saturated heterocycles. The lowest BCUT2D eigenvalue weighted by molar-refractivity contribution is -0.118. The highest BCUT2D eigenvalue weighted by atomic mass is 16.1. The lowest BCUT2D eigenvalue weighted by Gasteiger charge is -1.96. The summed E-state index contributed by atoms with van der Waals surface area (Å²) in [5.41, 5.74) is 0. The largest absolute Gasteiger partial charge is 0.356 e. The van der Waals surface area contributed by atoms with Gasteiger partial charge in [-0.25, -0.2) is 0 Å². The normalized spacial score (nSPS) is 8.75. The van der Waals surface area contributed by atoms with E-state index in [1.165, 1.54) is 6.92 Å². The van der Waals surface area contributed by atoms with E-state index in [2.05, 4.69) is 12.2 Å². The van der Waals surface area contributed by atoms with E-state index in [-0.39, 0.29) is 5.91 Å². The second-order valence-corrected chi connectivity index (χ2v) is 1.84. The molecule has 0 spiro atoms. The summed E-state index contributed by atoms with van der Waals surface area (Å²) < 4.78 is 0. The number of hydrogen-bond acceptors (Lipinski definition) is 1. The fourth-order valence-corrected chi connectivity index (χ4v) is 0.441. The number of carbonyl (C=O) groups is 1. The zero-order chi connectivity index (χ0) is 6.41. The number of carbonyl (C=O) groups excluding carboxylic acids is 1. The molecule has 0 atom stereocenters. The van der Waals surface area contributed by atoms with Crippen molar-refractivity contribution >= 4 is 5.91 Å². The van der Waals surface area contributed by atoms with E-state index >= 15 is 0 Å². The number of amides is 1. The monoisotopic (exact) mass is 115 g/mol. The van der Waals surface area contributed by atoms with Crippen LogP contribution in [0.4, 0.5) is 0 Å². The van der Waals surface area contributed by atoms with Gasteiger partial charge < -0.3 is 5.32 Å². The molecule has 48 valence electrons. The molecule has 2 heteroatoms. The summed E-state index contributed by atoms with van der Waals surface area (Å²) >= 11 is 0. The van der Waals surface area contributed by atoms with Crippen LogP contribution in [0.5, 0.6) is 0 Å². The predicted octanol–water partition coefficient (Wildman–Crippen LogP) is 0.923. The van der Waals surface area contributed by atoms with Gasteiger partial charge >= 0.3 is 0 Å². The maximum atomic E-state index is 10.2. The molecule has 0 rings (SSSR count). The second-order valence-electron chi connectivity index (χ2n) is 1.84. The molecule has 1 N–H and O–H groups in total. The molecule has 0 unspecified atom stereocenters. The molecule has 0 bridgehead atoms. The van der Waals surface area contributed by atoms with Gasteiger partial charge in [0.15, 0.2) is 0 Å². The molecule has 1 amide bonds. The fraction of sp³-hybridized carbons (Fsp3) is 0.833. The number of hydrogen-bond donors (Lipinski definition) is 1.